The van der Waals surface area contributed by atoms with E-state index >= 15 is 0 Å². The fourth-order valence-corrected chi connectivity index (χ4v) is 1.65. The van der Waals surface area contributed by atoms with Crippen LogP contribution in [0.15, 0.2) is 24.3 Å². The van der Waals surface area contributed by atoms with Crippen molar-refractivity contribution in [2.24, 2.45) is 0 Å². The number of hydrogen-bond acceptors (Lipinski definition) is 2. The van der Waals surface area contributed by atoms with Crippen molar-refractivity contribution >= 4 is 23.4 Å². The van der Waals surface area contributed by atoms with Crippen LogP contribution in [0.3, 0.4) is 0 Å². The number of rotatable bonds is 4. The topological polar surface area (TPSA) is 54.4 Å². The SMILES string of the molecule is [B]c1ccc(CCCS(=O)(=O)O)cc1. The van der Waals surface area contributed by atoms with E-state index in [-0.39, 0.29) is 5.75 Å². The Labute approximate surface area is 85.3 Å². The lowest BCUT2D eigenvalue weighted by molar-refractivity contribution is 0.481. The Morgan fingerprint density at radius 1 is 1.21 bits per heavy atom. The Balaban J connectivity index is 2.43. The van der Waals surface area contributed by atoms with E-state index in [1.54, 1.807) is 12.1 Å². The van der Waals surface area contributed by atoms with E-state index in [1.807, 2.05) is 12.1 Å². The average Bonchev–Trinajstić information content (AvgIpc) is 2.06. The van der Waals surface area contributed by atoms with Gasteiger partial charge in [0, 0.05) is 0 Å². The van der Waals surface area contributed by atoms with E-state index in [0.29, 0.717) is 18.3 Å². The highest BCUT2D eigenvalue weighted by Crippen LogP contribution is 2.02. The molecule has 0 amide bonds. The van der Waals surface area contributed by atoms with E-state index in [1.165, 1.54) is 0 Å². The second-order valence-electron chi connectivity index (χ2n) is 3.13. The first kappa shape index (κ1) is 11.3. The molecule has 14 heavy (non-hydrogen) atoms. The van der Waals surface area contributed by atoms with Gasteiger partial charge in [0.1, 0.15) is 7.85 Å². The Morgan fingerprint density at radius 2 is 1.79 bits per heavy atom. The van der Waals surface area contributed by atoms with Crippen molar-refractivity contribution < 1.29 is 13.0 Å². The van der Waals surface area contributed by atoms with Crippen LogP contribution in [0.1, 0.15) is 12.0 Å². The minimum Gasteiger partial charge on any atom is -0.286 e. The van der Waals surface area contributed by atoms with Crippen molar-refractivity contribution in [1.82, 2.24) is 0 Å². The Bertz CT molecular complexity index is 383. The highest BCUT2D eigenvalue weighted by atomic mass is 32.2. The maximum atomic E-state index is 10.4. The largest absolute Gasteiger partial charge is 0.286 e. The van der Waals surface area contributed by atoms with E-state index < -0.39 is 10.1 Å². The molecular weight excluding hydrogens is 199 g/mol. The molecule has 0 fully saturated rings. The summed E-state index contributed by atoms with van der Waals surface area (Å²) in [5.41, 5.74) is 1.70. The zero-order valence-electron chi connectivity index (χ0n) is 7.68. The first-order valence-corrected chi connectivity index (χ1v) is 5.88. The smallest absolute Gasteiger partial charge is 0.264 e. The molecule has 2 radical (unpaired) electrons. The van der Waals surface area contributed by atoms with Crippen LogP contribution in [0.2, 0.25) is 0 Å². The van der Waals surface area contributed by atoms with Gasteiger partial charge < -0.3 is 0 Å². The molecule has 0 unspecified atom stereocenters. The van der Waals surface area contributed by atoms with Crippen LogP contribution in [-0.2, 0) is 16.5 Å². The van der Waals surface area contributed by atoms with Crippen molar-refractivity contribution in [1.29, 1.82) is 0 Å². The molecule has 0 aliphatic rings. The van der Waals surface area contributed by atoms with Gasteiger partial charge in [0.2, 0.25) is 0 Å². The standard InChI is InChI=1S/C9H11BO3S/c10-9-5-3-8(4-6-9)2-1-7-14(11,12)13/h3-6H,1-2,7H2,(H,11,12,13). The Kier molecular flexibility index (Phi) is 3.72. The van der Waals surface area contributed by atoms with Gasteiger partial charge in [-0.3, -0.25) is 4.55 Å². The van der Waals surface area contributed by atoms with Crippen LogP contribution in [0, 0.1) is 0 Å². The second kappa shape index (κ2) is 4.62. The molecule has 74 valence electrons. The molecule has 0 saturated carbocycles. The fourth-order valence-electron chi connectivity index (χ4n) is 1.14. The predicted octanol–water partition coefficient (Wildman–Crippen LogP) is 0.301. The first-order chi connectivity index (χ1) is 6.47. The maximum Gasteiger partial charge on any atom is 0.264 e. The van der Waals surface area contributed by atoms with Crippen LogP contribution >= 0.6 is 0 Å². The van der Waals surface area contributed by atoms with Gasteiger partial charge in [0.15, 0.2) is 0 Å². The molecule has 0 aromatic heterocycles. The highest BCUT2D eigenvalue weighted by Gasteiger charge is 2.03. The van der Waals surface area contributed by atoms with E-state index in [9.17, 15) is 8.42 Å². The van der Waals surface area contributed by atoms with Crippen LogP contribution in [0.5, 0.6) is 0 Å². The minimum atomic E-state index is -3.83. The molecule has 0 saturated heterocycles. The Morgan fingerprint density at radius 3 is 2.29 bits per heavy atom. The van der Waals surface area contributed by atoms with Crippen molar-refractivity contribution in [3.63, 3.8) is 0 Å². The monoisotopic (exact) mass is 210 g/mol. The van der Waals surface area contributed by atoms with E-state index in [0.717, 1.165) is 5.56 Å². The van der Waals surface area contributed by atoms with Gasteiger partial charge in [-0.25, -0.2) is 0 Å². The van der Waals surface area contributed by atoms with Gasteiger partial charge in [-0.1, -0.05) is 29.7 Å². The summed E-state index contributed by atoms with van der Waals surface area (Å²) in [6, 6.07) is 7.23. The number of aryl methyl sites for hydroxylation is 1. The molecule has 0 spiro atoms. The molecule has 0 bridgehead atoms. The zero-order valence-corrected chi connectivity index (χ0v) is 8.50. The van der Waals surface area contributed by atoms with Crippen LogP contribution in [-0.4, -0.2) is 26.6 Å². The van der Waals surface area contributed by atoms with E-state index in [4.69, 9.17) is 12.4 Å². The zero-order chi connectivity index (χ0) is 10.6. The molecule has 1 aromatic rings. The van der Waals surface area contributed by atoms with E-state index in [2.05, 4.69) is 0 Å². The van der Waals surface area contributed by atoms with Gasteiger partial charge in [-0.2, -0.15) is 8.42 Å². The third kappa shape index (κ3) is 4.44. The van der Waals surface area contributed by atoms with Gasteiger partial charge in [0.25, 0.3) is 10.1 Å². The molecule has 1 N–H and O–H groups in total. The fraction of sp³-hybridized carbons (Fsp3) is 0.333. The van der Waals surface area contributed by atoms with Crippen LogP contribution in [0.25, 0.3) is 0 Å². The normalized spacial score (nSPS) is 11.5. The number of hydrogen-bond donors (Lipinski definition) is 1. The Hall–Kier alpha value is -0.805. The van der Waals surface area contributed by atoms with Crippen molar-refractivity contribution in [3.05, 3.63) is 29.8 Å². The van der Waals surface area contributed by atoms with Gasteiger partial charge in [-0.05, 0) is 18.4 Å². The summed E-state index contributed by atoms with van der Waals surface area (Å²) in [7, 11) is 1.66. The second-order valence-corrected chi connectivity index (χ2v) is 4.70. The summed E-state index contributed by atoms with van der Waals surface area (Å²) in [5, 5.41) is 0. The van der Waals surface area contributed by atoms with Crippen LogP contribution in [0.4, 0.5) is 0 Å². The van der Waals surface area contributed by atoms with Gasteiger partial charge in [0.05, 0.1) is 5.75 Å². The van der Waals surface area contributed by atoms with Crippen molar-refractivity contribution in [2.75, 3.05) is 5.75 Å². The van der Waals surface area contributed by atoms with Crippen molar-refractivity contribution in [3.8, 4) is 0 Å². The lowest BCUT2D eigenvalue weighted by atomic mass is 9.94. The molecular formula is C9H11BO3S. The third-order valence-electron chi connectivity index (χ3n) is 1.85. The summed E-state index contributed by atoms with van der Waals surface area (Å²) < 4.78 is 29.3. The summed E-state index contributed by atoms with van der Waals surface area (Å²) in [6.45, 7) is 0. The summed E-state index contributed by atoms with van der Waals surface area (Å²) in [5.74, 6) is -0.197. The average molecular weight is 210 g/mol. The quantitative estimate of drug-likeness (QED) is 0.574. The lowest BCUT2D eigenvalue weighted by Gasteiger charge is -2.00. The summed E-state index contributed by atoms with van der Waals surface area (Å²) in [6.07, 6.45) is 1.04. The summed E-state index contributed by atoms with van der Waals surface area (Å²) in [4.78, 5) is 0. The van der Waals surface area contributed by atoms with Crippen LogP contribution < -0.4 is 5.46 Å². The molecule has 0 aliphatic carbocycles. The molecule has 3 nitrogen and oxygen atoms in total. The molecule has 0 atom stereocenters. The maximum absolute atomic E-state index is 10.4. The molecule has 5 heteroatoms. The molecule has 0 heterocycles. The highest BCUT2D eigenvalue weighted by molar-refractivity contribution is 7.85. The molecule has 0 aliphatic heterocycles. The van der Waals surface area contributed by atoms with Gasteiger partial charge >= 0.3 is 0 Å². The van der Waals surface area contributed by atoms with Gasteiger partial charge in [-0.15, -0.1) is 0 Å². The number of benzene rings is 1. The lowest BCUT2D eigenvalue weighted by Crippen LogP contribution is -2.05. The van der Waals surface area contributed by atoms with Crippen molar-refractivity contribution in [2.45, 2.75) is 12.8 Å². The minimum absolute atomic E-state index is 0.197. The summed E-state index contributed by atoms with van der Waals surface area (Å²) >= 11 is 0. The first-order valence-electron chi connectivity index (χ1n) is 4.27. The third-order valence-corrected chi connectivity index (χ3v) is 2.65. The molecule has 1 aromatic carbocycles. The molecule has 1 rings (SSSR count). The predicted molar refractivity (Wildman–Crippen MR) is 56.6 cm³/mol.